The number of ketones is 1. The third kappa shape index (κ3) is 4.99. The van der Waals surface area contributed by atoms with E-state index in [9.17, 15) is 27.9 Å². The molecule has 2 fully saturated rings. The molecule has 2 aromatic heterocycles. The van der Waals surface area contributed by atoms with Crippen LogP contribution in [-0.4, -0.2) is 81.5 Å². The molecular weight excluding hydrogens is 558 g/mol. The van der Waals surface area contributed by atoms with Crippen LogP contribution in [0.5, 0.6) is 5.75 Å². The molecule has 2 saturated heterocycles. The SMILES string of the molecule is O=C(NC(Cc1ccc(O)cc1)C(=O)N1CCC2C1C(=O)CN2S(=O)(=O)c1ccccn1)c1cccc2cccnc12. The molecule has 0 spiro atoms. The Morgan fingerprint density at radius 1 is 0.976 bits per heavy atom. The van der Waals surface area contributed by atoms with Crippen LogP contribution in [0.2, 0.25) is 0 Å². The minimum Gasteiger partial charge on any atom is -0.508 e. The first kappa shape index (κ1) is 27.5. The number of nitrogens with zero attached hydrogens (tertiary/aromatic N) is 4. The molecule has 214 valence electrons. The number of hydrogen-bond donors (Lipinski definition) is 2. The van der Waals surface area contributed by atoms with Crippen LogP contribution in [0.25, 0.3) is 10.9 Å². The van der Waals surface area contributed by atoms with E-state index < -0.39 is 45.7 Å². The van der Waals surface area contributed by atoms with E-state index in [0.29, 0.717) is 16.6 Å². The molecule has 12 heteroatoms. The molecule has 3 unspecified atom stereocenters. The van der Waals surface area contributed by atoms with Crippen LogP contribution in [0.3, 0.4) is 0 Å². The van der Waals surface area contributed by atoms with Crippen LogP contribution in [0.4, 0.5) is 0 Å². The topological polar surface area (TPSA) is 150 Å². The average molecular weight is 586 g/mol. The van der Waals surface area contributed by atoms with Gasteiger partial charge in [-0.3, -0.25) is 19.4 Å². The Morgan fingerprint density at radius 3 is 2.50 bits per heavy atom. The maximum absolute atomic E-state index is 14.1. The van der Waals surface area contributed by atoms with Gasteiger partial charge >= 0.3 is 0 Å². The van der Waals surface area contributed by atoms with Crippen LogP contribution in [0, 0.1) is 0 Å². The molecule has 0 bridgehead atoms. The Bertz CT molecular complexity index is 1780. The van der Waals surface area contributed by atoms with Crippen molar-refractivity contribution in [2.24, 2.45) is 0 Å². The molecule has 6 rings (SSSR count). The first-order valence-corrected chi connectivity index (χ1v) is 14.9. The summed E-state index contributed by atoms with van der Waals surface area (Å²) < 4.78 is 27.8. The van der Waals surface area contributed by atoms with E-state index in [0.717, 1.165) is 9.69 Å². The first-order chi connectivity index (χ1) is 20.2. The van der Waals surface area contributed by atoms with E-state index in [1.807, 2.05) is 12.1 Å². The van der Waals surface area contributed by atoms with Gasteiger partial charge < -0.3 is 15.3 Å². The zero-order valence-electron chi connectivity index (χ0n) is 22.3. The van der Waals surface area contributed by atoms with Gasteiger partial charge in [0.2, 0.25) is 5.91 Å². The van der Waals surface area contributed by atoms with Crippen molar-refractivity contribution < 1.29 is 27.9 Å². The lowest BCUT2D eigenvalue weighted by Crippen LogP contribution is -2.53. The van der Waals surface area contributed by atoms with Gasteiger partial charge in [-0.15, -0.1) is 0 Å². The number of para-hydroxylation sites is 1. The highest BCUT2D eigenvalue weighted by Gasteiger charge is 2.54. The number of fused-ring (bicyclic) bond motifs is 2. The Balaban J connectivity index is 1.29. The fraction of sp³-hybridized carbons (Fsp3) is 0.233. The molecule has 4 aromatic rings. The van der Waals surface area contributed by atoms with Gasteiger partial charge in [0, 0.05) is 30.7 Å². The number of rotatable bonds is 7. The summed E-state index contributed by atoms with van der Waals surface area (Å²) in [4.78, 5) is 50.5. The zero-order valence-corrected chi connectivity index (χ0v) is 23.1. The number of amides is 2. The highest BCUT2D eigenvalue weighted by molar-refractivity contribution is 7.89. The van der Waals surface area contributed by atoms with E-state index in [4.69, 9.17) is 0 Å². The molecule has 2 aromatic carbocycles. The molecule has 42 heavy (non-hydrogen) atoms. The van der Waals surface area contributed by atoms with Crippen LogP contribution < -0.4 is 5.32 Å². The van der Waals surface area contributed by atoms with Crippen molar-refractivity contribution in [2.45, 2.75) is 36.0 Å². The number of carbonyl (C=O) groups is 3. The number of phenolic OH excluding ortho intramolecular Hbond substituents is 1. The smallest absolute Gasteiger partial charge is 0.261 e. The molecule has 2 aliphatic rings. The van der Waals surface area contributed by atoms with E-state index in [-0.39, 0.29) is 36.7 Å². The highest BCUT2D eigenvalue weighted by Crippen LogP contribution is 2.34. The van der Waals surface area contributed by atoms with E-state index in [1.165, 1.54) is 29.3 Å². The van der Waals surface area contributed by atoms with Gasteiger partial charge in [0.25, 0.3) is 15.9 Å². The molecule has 0 aliphatic carbocycles. The normalized spacial score (nSPS) is 19.5. The maximum Gasteiger partial charge on any atom is 0.261 e. The summed E-state index contributed by atoms with van der Waals surface area (Å²) in [5.74, 6) is -1.34. The second-order valence-corrected chi connectivity index (χ2v) is 12.1. The van der Waals surface area contributed by atoms with E-state index >= 15 is 0 Å². The summed E-state index contributed by atoms with van der Waals surface area (Å²) in [6, 6.07) is 16.8. The quantitative estimate of drug-likeness (QED) is 0.334. The van der Waals surface area contributed by atoms with E-state index in [2.05, 4.69) is 15.3 Å². The number of benzene rings is 2. The Labute approximate surface area is 241 Å². The summed E-state index contributed by atoms with van der Waals surface area (Å²) in [7, 11) is -4.06. The molecule has 2 N–H and O–H groups in total. The number of nitrogens with one attached hydrogen (secondary N) is 1. The lowest BCUT2D eigenvalue weighted by atomic mass is 10.0. The van der Waals surface area contributed by atoms with Gasteiger partial charge in [-0.25, -0.2) is 13.4 Å². The van der Waals surface area contributed by atoms with Crippen molar-refractivity contribution in [1.82, 2.24) is 24.5 Å². The van der Waals surface area contributed by atoms with Crippen LogP contribution in [0.1, 0.15) is 22.3 Å². The summed E-state index contributed by atoms with van der Waals surface area (Å²) in [6.07, 6.45) is 3.30. The molecule has 0 radical (unpaired) electrons. The predicted octanol–water partition coefficient (Wildman–Crippen LogP) is 1.92. The number of Topliss-reactive ketones (excluding diaryl/α,β-unsaturated/α-hetero) is 1. The summed E-state index contributed by atoms with van der Waals surface area (Å²) in [5.41, 5.74) is 1.45. The number of carbonyl (C=O) groups excluding carboxylic acids is 3. The minimum absolute atomic E-state index is 0.0561. The standard InChI is InChI=1S/C30H27N5O6S/c36-21-11-9-19(10-12-21)17-23(33-29(38)22-7-3-5-20-6-4-15-32-27(20)22)30(39)34-16-13-24-28(34)25(37)18-35(24)42(40,41)26-8-1-2-14-31-26/h1-12,14-15,23-24,28,36H,13,16-18H2,(H,33,38). The van der Waals surface area contributed by atoms with Crippen molar-refractivity contribution in [3.05, 3.63) is 96.3 Å². The molecule has 3 atom stereocenters. The predicted molar refractivity (Wildman–Crippen MR) is 152 cm³/mol. The number of aromatic hydroxyl groups is 1. The van der Waals surface area contributed by atoms with Crippen molar-refractivity contribution in [1.29, 1.82) is 0 Å². The molecule has 2 aliphatic heterocycles. The third-order valence-electron chi connectivity index (χ3n) is 7.73. The summed E-state index contributed by atoms with van der Waals surface area (Å²) in [5, 5.41) is 13.2. The zero-order chi connectivity index (χ0) is 29.4. The fourth-order valence-corrected chi connectivity index (χ4v) is 7.31. The Hall–Kier alpha value is -4.68. The first-order valence-electron chi connectivity index (χ1n) is 13.4. The minimum atomic E-state index is -4.06. The monoisotopic (exact) mass is 585 g/mol. The van der Waals surface area contributed by atoms with Gasteiger partial charge in [-0.2, -0.15) is 4.31 Å². The summed E-state index contributed by atoms with van der Waals surface area (Å²) in [6.45, 7) is -0.222. The van der Waals surface area contributed by atoms with Gasteiger partial charge in [-0.1, -0.05) is 36.4 Å². The Morgan fingerprint density at radius 2 is 1.74 bits per heavy atom. The van der Waals surface area contributed by atoms with Crippen molar-refractivity contribution in [3.63, 3.8) is 0 Å². The third-order valence-corrected chi connectivity index (χ3v) is 9.52. The number of sulfonamides is 1. The fourth-order valence-electron chi connectivity index (χ4n) is 5.75. The lowest BCUT2D eigenvalue weighted by Gasteiger charge is -2.28. The maximum atomic E-state index is 14.1. The molecule has 2 amide bonds. The van der Waals surface area contributed by atoms with Gasteiger partial charge in [0.05, 0.1) is 23.7 Å². The van der Waals surface area contributed by atoms with Crippen molar-refractivity contribution >= 4 is 38.5 Å². The van der Waals surface area contributed by atoms with Crippen LogP contribution in [-0.2, 0) is 26.0 Å². The highest BCUT2D eigenvalue weighted by atomic mass is 32.2. The Kier molecular flexibility index (Phi) is 7.17. The number of aromatic nitrogens is 2. The second kappa shape index (κ2) is 11.0. The number of hydrogen-bond acceptors (Lipinski definition) is 8. The number of pyridine rings is 2. The van der Waals surface area contributed by atoms with Crippen molar-refractivity contribution in [2.75, 3.05) is 13.1 Å². The summed E-state index contributed by atoms with van der Waals surface area (Å²) >= 11 is 0. The molecular formula is C30H27N5O6S. The van der Waals surface area contributed by atoms with Gasteiger partial charge in [0.15, 0.2) is 10.8 Å². The van der Waals surface area contributed by atoms with Crippen LogP contribution in [0.15, 0.2) is 90.2 Å². The number of likely N-dealkylation sites (tertiary alicyclic amines) is 1. The molecule has 11 nitrogen and oxygen atoms in total. The molecule has 0 saturated carbocycles. The average Bonchev–Trinajstić information content (AvgIpc) is 3.59. The number of phenols is 1. The van der Waals surface area contributed by atoms with Crippen molar-refractivity contribution in [3.8, 4) is 5.75 Å². The second-order valence-electron chi connectivity index (χ2n) is 10.3. The van der Waals surface area contributed by atoms with Gasteiger partial charge in [-0.05, 0) is 48.4 Å². The van der Waals surface area contributed by atoms with E-state index in [1.54, 1.807) is 48.7 Å². The largest absolute Gasteiger partial charge is 0.508 e. The molecule has 4 heterocycles. The van der Waals surface area contributed by atoms with Gasteiger partial charge in [0.1, 0.15) is 17.8 Å². The lowest BCUT2D eigenvalue weighted by molar-refractivity contribution is -0.138. The van der Waals surface area contributed by atoms with Crippen LogP contribution >= 0.6 is 0 Å².